The molecule has 0 spiro atoms. The highest BCUT2D eigenvalue weighted by atomic mass is 16.5. The fraction of sp³-hybridized carbons (Fsp3) is 0.818. The Kier molecular flexibility index (Phi) is 5.44. The van der Waals surface area contributed by atoms with Crippen LogP contribution in [0.1, 0.15) is 27.7 Å². The lowest BCUT2D eigenvalue weighted by Gasteiger charge is -2.28. The van der Waals surface area contributed by atoms with Gasteiger partial charge in [-0.25, -0.2) is 4.79 Å². The van der Waals surface area contributed by atoms with E-state index in [2.05, 4.69) is 10.1 Å². The molecule has 1 N–H and O–H groups in total. The summed E-state index contributed by atoms with van der Waals surface area (Å²) in [5, 5.41) is 2.49. The van der Waals surface area contributed by atoms with Crippen LogP contribution in [-0.4, -0.2) is 38.2 Å². The maximum Gasteiger partial charge on any atom is 0.407 e. The van der Waals surface area contributed by atoms with Gasteiger partial charge in [-0.1, -0.05) is 20.8 Å². The predicted octanol–water partition coefficient (Wildman–Crippen LogP) is 1.36. The Balaban J connectivity index is 4.81. The summed E-state index contributed by atoms with van der Waals surface area (Å²) in [4.78, 5) is 23.2. The fourth-order valence-corrected chi connectivity index (χ4v) is 1.18. The van der Waals surface area contributed by atoms with E-state index in [1.807, 2.05) is 0 Å². The van der Waals surface area contributed by atoms with Crippen molar-refractivity contribution in [3.63, 3.8) is 0 Å². The van der Waals surface area contributed by atoms with E-state index in [4.69, 9.17) is 4.74 Å². The van der Waals surface area contributed by atoms with Crippen molar-refractivity contribution in [2.45, 2.75) is 39.8 Å². The monoisotopic (exact) mass is 231 g/mol. The lowest BCUT2D eigenvalue weighted by atomic mass is 9.85. The molecule has 0 heterocycles. The van der Waals surface area contributed by atoms with Crippen LogP contribution in [0.15, 0.2) is 0 Å². The van der Waals surface area contributed by atoms with Crippen LogP contribution >= 0.6 is 0 Å². The molecule has 0 fully saturated rings. The molecule has 0 unspecified atom stereocenters. The molecule has 0 aliphatic rings. The molecule has 0 aromatic rings. The maximum absolute atomic E-state index is 12.1. The minimum atomic E-state index is -0.697. The first kappa shape index (κ1) is 14.9. The second kappa shape index (κ2) is 5.84. The number of methoxy groups -OCH3 is 2. The van der Waals surface area contributed by atoms with Crippen LogP contribution in [0, 0.1) is 5.41 Å². The maximum atomic E-state index is 12.1. The molecule has 2 atom stereocenters. The lowest BCUT2D eigenvalue weighted by molar-refractivity contribution is -0.131. The van der Waals surface area contributed by atoms with E-state index in [1.165, 1.54) is 14.2 Å². The topological polar surface area (TPSA) is 64.6 Å². The molecule has 1 amide bonds. The molecule has 16 heavy (non-hydrogen) atoms. The van der Waals surface area contributed by atoms with Gasteiger partial charge >= 0.3 is 6.09 Å². The quantitative estimate of drug-likeness (QED) is 0.793. The SMILES string of the molecule is COC(=O)N[C@H](C(=O)C(C)(C)C)[C@@H](C)OC. The van der Waals surface area contributed by atoms with Gasteiger partial charge in [-0.15, -0.1) is 0 Å². The van der Waals surface area contributed by atoms with E-state index in [1.54, 1.807) is 27.7 Å². The third kappa shape index (κ3) is 4.18. The largest absolute Gasteiger partial charge is 0.453 e. The molecule has 0 bridgehead atoms. The van der Waals surface area contributed by atoms with Crippen LogP contribution in [-0.2, 0) is 14.3 Å². The van der Waals surface area contributed by atoms with Crippen LogP contribution in [0.5, 0.6) is 0 Å². The molecule has 0 aliphatic heterocycles. The number of carbonyl (C=O) groups excluding carboxylic acids is 2. The fourth-order valence-electron chi connectivity index (χ4n) is 1.18. The summed E-state index contributed by atoms with van der Waals surface area (Å²) < 4.78 is 9.56. The van der Waals surface area contributed by atoms with E-state index >= 15 is 0 Å². The molecule has 5 heteroatoms. The highest BCUT2D eigenvalue weighted by Crippen LogP contribution is 2.19. The Morgan fingerprint density at radius 3 is 2.00 bits per heavy atom. The summed E-state index contributed by atoms with van der Waals surface area (Å²) in [5.41, 5.74) is -0.543. The summed E-state index contributed by atoms with van der Waals surface area (Å²) in [6.45, 7) is 7.11. The molecule has 0 rings (SSSR count). The number of nitrogens with one attached hydrogen (secondary N) is 1. The minimum absolute atomic E-state index is 0.0905. The van der Waals surface area contributed by atoms with Crippen molar-refractivity contribution in [3.05, 3.63) is 0 Å². The third-order valence-electron chi connectivity index (χ3n) is 2.32. The van der Waals surface area contributed by atoms with Crippen LogP contribution in [0.2, 0.25) is 0 Å². The molecule has 0 aromatic carbocycles. The number of rotatable bonds is 4. The summed E-state index contributed by atoms with van der Waals surface area (Å²) in [7, 11) is 2.75. The Morgan fingerprint density at radius 1 is 1.19 bits per heavy atom. The van der Waals surface area contributed by atoms with E-state index in [-0.39, 0.29) is 5.78 Å². The molecule has 0 saturated carbocycles. The highest BCUT2D eigenvalue weighted by Gasteiger charge is 2.34. The van der Waals surface area contributed by atoms with Crippen molar-refractivity contribution in [2.24, 2.45) is 5.41 Å². The molecule has 5 nitrogen and oxygen atoms in total. The first-order valence-electron chi connectivity index (χ1n) is 5.15. The number of hydrogen-bond donors (Lipinski definition) is 1. The molecule has 94 valence electrons. The van der Waals surface area contributed by atoms with Gasteiger partial charge in [-0.2, -0.15) is 0 Å². The van der Waals surface area contributed by atoms with Crippen molar-refractivity contribution in [3.8, 4) is 0 Å². The number of alkyl carbamates (subject to hydrolysis) is 1. The lowest BCUT2D eigenvalue weighted by Crippen LogP contribution is -2.52. The van der Waals surface area contributed by atoms with Gasteiger partial charge in [-0.05, 0) is 6.92 Å². The minimum Gasteiger partial charge on any atom is -0.453 e. The van der Waals surface area contributed by atoms with Crippen LogP contribution in [0.25, 0.3) is 0 Å². The number of carbonyl (C=O) groups is 2. The summed E-state index contributed by atoms with van der Waals surface area (Å²) in [5.74, 6) is -0.0905. The Bertz CT molecular complexity index is 257. The number of amides is 1. The standard InChI is InChI=1S/C11H21NO4/c1-7(15-5)8(12-10(14)16-6)9(13)11(2,3)4/h7-8H,1-6H3,(H,12,14)/t7-,8+/m1/s1. The van der Waals surface area contributed by atoms with Gasteiger partial charge in [0, 0.05) is 12.5 Å². The zero-order chi connectivity index (χ0) is 12.9. The average molecular weight is 231 g/mol. The van der Waals surface area contributed by atoms with Crippen LogP contribution in [0.3, 0.4) is 0 Å². The Hall–Kier alpha value is -1.10. The Morgan fingerprint density at radius 2 is 1.69 bits per heavy atom. The van der Waals surface area contributed by atoms with E-state index in [9.17, 15) is 9.59 Å². The third-order valence-corrected chi connectivity index (χ3v) is 2.32. The van der Waals surface area contributed by atoms with E-state index in [0.29, 0.717) is 0 Å². The van der Waals surface area contributed by atoms with Crippen molar-refractivity contribution in [1.29, 1.82) is 0 Å². The van der Waals surface area contributed by atoms with Gasteiger partial charge in [0.1, 0.15) is 6.04 Å². The Labute approximate surface area is 96.5 Å². The van der Waals surface area contributed by atoms with Crippen molar-refractivity contribution >= 4 is 11.9 Å². The second-order valence-electron chi connectivity index (χ2n) is 4.67. The highest BCUT2D eigenvalue weighted by molar-refractivity contribution is 5.91. The number of Topliss-reactive ketones (excluding diaryl/α,β-unsaturated/α-hetero) is 1. The molecule has 0 aliphatic carbocycles. The van der Waals surface area contributed by atoms with Crippen molar-refractivity contribution < 1.29 is 19.1 Å². The number of ether oxygens (including phenoxy) is 2. The van der Waals surface area contributed by atoms with Crippen molar-refractivity contribution in [2.75, 3.05) is 14.2 Å². The first-order chi connectivity index (χ1) is 7.23. The van der Waals surface area contributed by atoms with Crippen LogP contribution in [0.4, 0.5) is 4.79 Å². The zero-order valence-corrected chi connectivity index (χ0v) is 10.8. The molecule has 0 radical (unpaired) electrons. The number of hydrogen-bond acceptors (Lipinski definition) is 4. The van der Waals surface area contributed by atoms with E-state index < -0.39 is 23.7 Å². The van der Waals surface area contributed by atoms with Gasteiger partial charge in [0.05, 0.1) is 13.2 Å². The summed E-state index contributed by atoms with van der Waals surface area (Å²) in [6.07, 6.45) is -1.03. The van der Waals surface area contributed by atoms with Gasteiger partial charge in [0.15, 0.2) is 5.78 Å². The summed E-state index contributed by atoms with van der Waals surface area (Å²) >= 11 is 0. The number of ketones is 1. The van der Waals surface area contributed by atoms with Gasteiger partial charge in [-0.3, -0.25) is 4.79 Å². The molecule has 0 saturated heterocycles. The first-order valence-corrected chi connectivity index (χ1v) is 5.15. The normalized spacial score (nSPS) is 15.1. The average Bonchev–Trinajstić information content (AvgIpc) is 2.22. The van der Waals surface area contributed by atoms with Crippen LogP contribution < -0.4 is 5.32 Å². The van der Waals surface area contributed by atoms with Gasteiger partial charge in [0.25, 0.3) is 0 Å². The van der Waals surface area contributed by atoms with E-state index in [0.717, 1.165) is 0 Å². The molecular formula is C11H21NO4. The predicted molar refractivity (Wildman–Crippen MR) is 60.3 cm³/mol. The van der Waals surface area contributed by atoms with Gasteiger partial charge in [0.2, 0.25) is 0 Å². The van der Waals surface area contributed by atoms with Crippen molar-refractivity contribution in [1.82, 2.24) is 5.32 Å². The smallest absolute Gasteiger partial charge is 0.407 e. The van der Waals surface area contributed by atoms with Gasteiger partial charge < -0.3 is 14.8 Å². The summed E-state index contributed by atoms with van der Waals surface area (Å²) in [6, 6.07) is -0.697. The molecular weight excluding hydrogens is 210 g/mol. The second-order valence-corrected chi connectivity index (χ2v) is 4.67. The zero-order valence-electron chi connectivity index (χ0n) is 10.8. The molecule has 0 aromatic heterocycles.